The Balaban J connectivity index is 0.000000586. The summed E-state index contributed by atoms with van der Waals surface area (Å²) in [6.45, 7) is 4.64. The Morgan fingerprint density at radius 1 is 0.795 bits per heavy atom. The third-order valence-corrected chi connectivity index (χ3v) is 6.13. The number of aromatic carboxylic acids is 1. The first-order valence-corrected chi connectivity index (χ1v) is 16.9. The molecule has 240 valence electrons. The topological polar surface area (TPSA) is 202 Å². The Bertz CT molecular complexity index is 1600. The van der Waals surface area contributed by atoms with Gasteiger partial charge in [-0.05, 0) is 67.5 Å². The van der Waals surface area contributed by atoms with Crippen molar-refractivity contribution in [1.82, 2.24) is 9.80 Å². The number of aromatic hydroxyl groups is 1. The van der Waals surface area contributed by atoms with Crippen molar-refractivity contribution in [3.05, 3.63) is 83.4 Å². The third-order valence-electron chi connectivity index (χ3n) is 6.13. The van der Waals surface area contributed by atoms with Gasteiger partial charge in [0.25, 0.3) is 26.1 Å². The van der Waals surface area contributed by atoms with E-state index in [-0.39, 0.29) is 22.6 Å². The number of carboxylic acid groups (broad SMARTS) is 1. The van der Waals surface area contributed by atoms with Crippen LogP contribution in [0.2, 0.25) is 0 Å². The minimum atomic E-state index is -3.67. The zero-order chi connectivity index (χ0) is 33.1. The lowest BCUT2D eigenvalue weighted by Gasteiger charge is -2.20. The number of anilines is 1. The maximum absolute atomic E-state index is 13.1. The van der Waals surface area contributed by atoms with Crippen molar-refractivity contribution >= 4 is 37.8 Å². The summed E-state index contributed by atoms with van der Waals surface area (Å²) in [4.78, 5) is 29.5. The molecule has 0 spiro atoms. The Labute approximate surface area is 257 Å². The van der Waals surface area contributed by atoms with E-state index in [0.29, 0.717) is 19.1 Å². The van der Waals surface area contributed by atoms with Crippen molar-refractivity contribution in [3.63, 3.8) is 0 Å². The second-order valence-corrected chi connectivity index (χ2v) is 13.1. The standard InChI is InChI=1S/C27H29N3O4.2CH4O3S/c1-29-12-5-13-30(15-14-29)18-19-8-11-25(31)23(16-19)26(32)28-24-17-21(9-10-22(24)27(33)34)20-6-3-2-4-7-20;2*1-5(2,3)4/h2-4,6-11,16-17,31H,5,12-15,18H2,1H3,(H,28,32)(H,33,34);2*1H3,(H,2,3,4). The molecule has 0 aromatic heterocycles. The van der Waals surface area contributed by atoms with Crippen LogP contribution in [-0.4, -0.2) is 104 Å². The van der Waals surface area contributed by atoms with Crippen molar-refractivity contribution in [2.45, 2.75) is 13.0 Å². The number of hydrogen-bond donors (Lipinski definition) is 5. The number of likely N-dealkylation sites (N-methyl/N-ethyl adjacent to an activating group) is 1. The molecule has 0 radical (unpaired) electrons. The van der Waals surface area contributed by atoms with Crippen molar-refractivity contribution in [3.8, 4) is 16.9 Å². The van der Waals surface area contributed by atoms with Gasteiger partial charge in [0.15, 0.2) is 0 Å². The fourth-order valence-corrected chi connectivity index (χ4v) is 4.21. The number of carbonyl (C=O) groups is 2. The number of carbonyl (C=O) groups excluding carboxylic acids is 1. The van der Waals surface area contributed by atoms with Crippen LogP contribution in [0.1, 0.15) is 32.7 Å². The minimum absolute atomic E-state index is 0.0163. The first-order chi connectivity index (χ1) is 20.4. The molecule has 1 heterocycles. The Morgan fingerprint density at radius 2 is 1.41 bits per heavy atom. The molecule has 0 aliphatic carbocycles. The predicted molar refractivity (Wildman–Crippen MR) is 167 cm³/mol. The number of amides is 1. The Hall–Kier alpha value is -3.86. The highest BCUT2D eigenvalue weighted by Gasteiger charge is 2.19. The van der Waals surface area contributed by atoms with Crippen LogP contribution in [0.25, 0.3) is 11.1 Å². The van der Waals surface area contributed by atoms with Gasteiger partial charge in [0, 0.05) is 19.6 Å². The van der Waals surface area contributed by atoms with Crippen LogP contribution in [0.4, 0.5) is 5.69 Å². The second-order valence-electron chi connectivity index (χ2n) is 10.1. The fraction of sp³-hybridized carbons (Fsp3) is 0.310. The highest BCUT2D eigenvalue weighted by atomic mass is 32.2. The molecule has 0 bridgehead atoms. The van der Waals surface area contributed by atoms with Gasteiger partial charge in [0.2, 0.25) is 0 Å². The molecule has 1 fully saturated rings. The van der Waals surface area contributed by atoms with Crippen molar-refractivity contribution in [1.29, 1.82) is 0 Å². The molecule has 0 saturated carbocycles. The monoisotopic (exact) mass is 651 g/mol. The molecule has 0 atom stereocenters. The lowest BCUT2D eigenvalue weighted by molar-refractivity contribution is 0.0698. The number of phenols is 1. The van der Waals surface area contributed by atoms with E-state index in [0.717, 1.165) is 49.3 Å². The van der Waals surface area contributed by atoms with Crippen LogP contribution in [0, 0.1) is 0 Å². The van der Waals surface area contributed by atoms with Crippen LogP contribution < -0.4 is 5.32 Å². The lowest BCUT2D eigenvalue weighted by Crippen LogP contribution is -2.28. The second kappa shape index (κ2) is 16.3. The summed E-state index contributed by atoms with van der Waals surface area (Å²) >= 11 is 0. The lowest BCUT2D eigenvalue weighted by atomic mass is 10.0. The van der Waals surface area contributed by atoms with Gasteiger partial charge in [0.1, 0.15) is 5.75 Å². The quantitative estimate of drug-likeness (QED) is 0.244. The highest BCUT2D eigenvalue weighted by molar-refractivity contribution is 7.85. The van der Waals surface area contributed by atoms with E-state index in [9.17, 15) is 36.6 Å². The molecule has 1 aliphatic heterocycles. The van der Waals surface area contributed by atoms with Crippen LogP contribution in [0.3, 0.4) is 0 Å². The summed E-state index contributed by atoms with van der Waals surface area (Å²) < 4.78 is 51.7. The van der Waals surface area contributed by atoms with Gasteiger partial charge in [-0.2, -0.15) is 16.8 Å². The van der Waals surface area contributed by atoms with Crippen LogP contribution in [0.5, 0.6) is 5.75 Å². The summed E-state index contributed by atoms with van der Waals surface area (Å²) in [5.74, 6) is -1.84. The van der Waals surface area contributed by atoms with Crippen LogP contribution in [0.15, 0.2) is 66.7 Å². The molecule has 1 saturated heterocycles. The molecule has 4 rings (SSSR count). The molecule has 3 aromatic carbocycles. The van der Waals surface area contributed by atoms with Crippen molar-refractivity contribution in [2.24, 2.45) is 0 Å². The number of nitrogens with one attached hydrogen (secondary N) is 1. The molecule has 5 N–H and O–H groups in total. The summed E-state index contributed by atoms with van der Waals surface area (Å²) in [5, 5.41) is 22.7. The number of benzene rings is 3. The molecule has 0 unspecified atom stereocenters. The van der Waals surface area contributed by atoms with E-state index in [2.05, 4.69) is 22.2 Å². The number of phenolic OH excluding ortho intramolecular Hbond substituents is 1. The van der Waals surface area contributed by atoms with E-state index in [1.54, 1.807) is 18.2 Å². The van der Waals surface area contributed by atoms with Crippen molar-refractivity contribution < 1.29 is 45.7 Å². The Morgan fingerprint density at radius 3 is 2.00 bits per heavy atom. The van der Waals surface area contributed by atoms with Crippen LogP contribution >= 0.6 is 0 Å². The van der Waals surface area contributed by atoms with E-state index in [1.807, 2.05) is 36.4 Å². The molecule has 3 aromatic rings. The van der Waals surface area contributed by atoms with Gasteiger partial charge in [-0.15, -0.1) is 0 Å². The molecule has 13 nitrogen and oxygen atoms in total. The number of rotatable bonds is 6. The summed E-state index contributed by atoms with van der Waals surface area (Å²) in [6.07, 6.45) is 2.51. The van der Waals surface area contributed by atoms with E-state index in [4.69, 9.17) is 9.11 Å². The molecule has 15 heteroatoms. The number of carboxylic acids is 1. The van der Waals surface area contributed by atoms with E-state index < -0.39 is 32.1 Å². The van der Waals surface area contributed by atoms with Gasteiger partial charge >= 0.3 is 5.97 Å². The average molecular weight is 652 g/mol. The summed E-state index contributed by atoms with van der Waals surface area (Å²) in [5.41, 5.74) is 2.89. The first kappa shape index (κ1) is 36.3. The predicted octanol–water partition coefficient (Wildman–Crippen LogP) is 3.16. The molecular weight excluding hydrogens is 614 g/mol. The van der Waals surface area contributed by atoms with Crippen molar-refractivity contribution in [2.75, 3.05) is 51.1 Å². The SMILES string of the molecule is CN1CCCN(Cc2ccc(O)c(C(=O)Nc3cc(-c4ccccc4)ccc3C(=O)O)c2)CC1.CS(=O)(=O)O.CS(=O)(=O)O. The van der Waals surface area contributed by atoms with Crippen LogP contribution in [-0.2, 0) is 26.8 Å². The van der Waals surface area contributed by atoms with E-state index >= 15 is 0 Å². The number of nitrogens with zero attached hydrogens (tertiary/aromatic N) is 2. The number of hydrogen-bond acceptors (Lipinski definition) is 9. The van der Waals surface area contributed by atoms with Gasteiger partial charge in [-0.1, -0.05) is 42.5 Å². The smallest absolute Gasteiger partial charge is 0.337 e. The maximum Gasteiger partial charge on any atom is 0.337 e. The largest absolute Gasteiger partial charge is 0.507 e. The average Bonchev–Trinajstić information content (AvgIpc) is 3.11. The molecule has 1 amide bonds. The fourth-order valence-electron chi connectivity index (χ4n) is 4.21. The minimum Gasteiger partial charge on any atom is -0.507 e. The first-order valence-electron chi connectivity index (χ1n) is 13.2. The summed E-state index contributed by atoms with van der Waals surface area (Å²) in [7, 11) is -5.22. The zero-order valence-electron chi connectivity index (χ0n) is 24.5. The highest BCUT2D eigenvalue weighted by Crippen LogP contribution is 2.28. The third kappa shape index (κ3) is 14.1. The van der Waals surface area contributed by atoms with Gasteiger partial charge < -0.3 is 20.4 Å². The molecule has 44 heavy (non-hydrogen) atoms. The maximum atomic E-state index is 13.1. The van der Waals surface area contributed by atoms with Gasteiger partial charge in [0.05, 0.1) is 29.3 Å². The molecular formula is C29H37N3O10S2. The Kier molecular flexibility index (Phi) is 13.4. The summed E-state index contributed by atoms with van der Waals surface area (Å²) in [6, 6.07) is 19.4. The van der Waals surface area contributed by atoms with Gasteiger partial charge in [-0.3, -0.25) is 18.8 Å². The van der Waals surface area contributed by atoms with E-state index in [1.165, 1.54) is 12.1 Å². The normalized spacial score (nSPS) is 14.2. The molecule has 1 aliphatic rings. The zero-order valence-corrected chi connectivity index (χ0v) is 26.2. The van der Waals surface area contributed by atoms with Gasteiger partial charge in [-0.25, -0.2) is 4.79 Å².